The number of halogens is 1. The second-order valence-electron chi connectivity index (χ2n) is 6.03. The molecule has 2 aromatic carbocycles. The van der Waals surface area contributed by atoms with Gasteiger partial charge >= 0.3 is 5.97 Å². The molecule has 3 rings (SSSR count). The van der Waals surface area contributed by atoms with Crippen LogP contribution < -0.4 is 9.47 Å². The molecule has 0 bridgehead atoms. The zero-order valence-corrected chi connectivity index (χ0v) is 17.5. The zero-order chi connectivity index (χ0) is 21.7. The molecule has 0 aromatic heterocycles. The van der Waals surface area contributed by atoms with E-state index in [1.807, 2.05) is 0 Å². The number of methoxy groups -OCH3 is 2. The molecular formula is C22H20FNO5S. The number of aliphatic hydroxyl groups excluding tert-OH is 1. The molecule has 1 heterocycles. The van der Waals surface area contributed by atoms with Gasteiger partial charge in [-0.15, -0.1) is 0 Å². The van der Waals surface area contributed by atoms with Crippen LogP contribution in [0.4, 0.5) is 10.1 Å². The Morgan fingerprint density at radius 2 is 1.90 bits per heavy atom. The SMILES string of the molecule is CCOC(=O)C1=C(O)C(=Cc2cccc(OC)c2OC)SC1=Nc1ccc(F)cc1. The highest BCUT2D eigenvalue weighted by atomic mass is 32.2. The van der Waals surface area contributed by atoms with Gasteiger partial charge in [-0.3, -0.25) is 0 Å². The van der Waals surface area contributed by atoms with Crippen molar-refractivity contribution >= 4 is 34.5 Å². The first-order chi connectivity index (χ1) is 14.5. The fourth-order valence-electron chi connectivity index (χ4n) is 2.79. The van der Waals surface area contributed by atoms with Crippen LogP contribution in [0.3, 0.4) is 0 Å². The van der Waals surface area contributed by atoms with E-state index in [0.29, 0.717) is 27.7 Å². The summed E-state index contributed by atoms with van der Waals surface area (Å²) in [5, 5.41) is 11.0. The molecule has 0 spiro atoms. The van der Waals surface area contributed by atoms with E-state index in [2.05, 4.69) is 4.99 Å². The normalized spacial score (nSPS) is 16.3. The quantitative estimate of drug-likeness (QED) is 0.649. The predicted octanol–water partition coefficient (Wildman–Crippen LogP) is 5.04. The van der Waals surface area contributed by atoms with E-state index in [1.54, 1.807) is 31.2 Å². The molecule has 1 N–H and O–H groups in total. The summed E-state index contributed by atoms with van der Waals surface area (Å²) in [5.74, 6) is -0.312. The lowest BCUT2D eigenvalue weighted by Gasteiger charge is -2.10. The maximum atomic E-state index is 13.2. The highest BCUT2D eigenvalue weighted by Gasteiger charge is 2.33. The van der Waals surface area contributed by atoms with Crippen molar-refractivity contribution in [2.45, 2.75) is 6.92 Å². The molecule has 1 aliphatic heterocycles. The monoisotopic (exact) mass is 429 g/mol. The number of hydrogen-bond donors (Lipinski definition) is 1. The largest absolute Gasteiger partial charge is 0.506 e. The first kappa shape index (κ1) is 21.4. The third-order valence-corrected chi connectivity index (χ3v) is 5.17. The minimum Gasteiger partial charge on any atom is -0.506 e. The molecule has 1 aliphatic rings. The number of carbonyl (C=O) groups is 1. The summed E-state index contributed by atoms with van der Waals surface area (Å²) in [5.41, 5.74) is 1.05. The Bertz CT molecular complexity index is 1040. The van der Waals surface area contributed by atoms with E-state index in [9.17, 15) is 14.3 Å². The molecule has 6 nitrogen and oxygen atoms in total. The first-order valence-corrected chi connectivity index (χ1v) is 9.86. The molecular weight excluding hydrogens is 409 g/mol. The summed E-state index contributed by atoms with van der Waals surface area (Å²) < 4.78 is 29.0. The second-order valence-corrected chi connectivity index (χ2v) is 7.06. The third kappa shape index (κ3) is 4.49. The summed E-state index contributed by atoms with van der Waals surface area (Å²) in [6.07, 6.45) is 1.67. The van der Waals surface area contributed by atoms with E-state index in [4.69, 9.17) is 14.2 Å². The van der Waals surface area contributed by atoms with E-state index >= 15 is 0 Å². The Hall–Kier alpha value is -3.26. The van der Waals surface area contributed by atoms with Crippen LogP contribution in [0.25, 0.3) is 6.08 Å². The first-order valence-electron chi connectivity index (χ1n) is 9.04. The molecule has 0 radical (unpaired) electrons. The zero-order valence-electron chi connectivity index (χ0n) is 16.6. The lowest BCUT2D eigenvalue weighted by molar-refractivity contribution is -0.138. The van der Waals surface area contributed by atoms with Gasteiger partial charge in [0.25, 0.3) is 0 Å². The maximum absolute atomic E-state index is 13.2. The third-order valence-electron chi connectivity index (χ3n) is 4.15. The number of aliphatic hydroxyl groups is 1. The van der Waals surface area contributed by atoms with E-state index in [0.717, 1.165) is 11.8 Å². The van der Waals surface area contributed by atoms with Gasteiger partial charge in [0.2, 0.25) is 0 Å². The van der Waals surface area contributed by atoms with Gasteiger partial charge in [-0.1, -0.05) is 23.9 Å². The average molecular weight is 429 g/mol. The van der Waals surface area contributed by atoms with Gasteiger partial charge in [-0.25, -0.2) is 14.2 Å². The molecule has 30 heavy (non-hydrogen) atoms. The fourth-order valence-corrected chi connectivity index (χ4v) is 3.82. The van der Waals surface area contributed by atoms with Gasteiger partial charge in [-0.2, -0.15) is 0 Å². The Kier molecular flexibility index (Phi) is 6.79. The average Bonchev–Trinajstić information content (AvgIpc) is 3.04. The summed E-state index contributed by atoms with van der Waals surface area (Å²) in [4.78, 5) is 17.3. The maximum Gasteiger partial charge on any atom is 0.344 e. The second kappa shape index (κ2) is 9.49. The van der Waals surface area contributed by atoms with E-state index in [-0.39, 0.29) is 23.0 Å². The van der Waals surface area contributed by atoms with Gasteiger partial charge in [0.1, 0.15) is 22.2 Å². The number of ether oxygens (including phenoxy) is 3. The van der Waals surface area contributed by atoms with E-state index < -0.39 is 11.8 Å². The minimum absolute atomic E-state index is 0.0423. The van der Waals surface area contributed by atoms with Crippen molar-refractivity contribution in [2.75, 3.05) is 20.8 Å². The van der Waals surface area contributed by atoms with Crippen LogP contribution >= 0.6 is 11.8 Å². The predicted molar refractivity (Wildman–Crippen MR) is 115 cm³/mol. The summed E-state index contributed by atoms with van der Waals surface area (Å²) in [6, 6.07) is 10.8. The highest BCUT2D eigenvalue weighted by Crippen LogP contribution is 2.42. The van der Waals surface area contributed by atoms with Crippen LogP contribution in [0, 0.1) is 5.82 Å². The van der Waals surface area contributed by atoms with Crippen molar-refractivity contribution in [1.82, 2.24) is 0 Å². The number of esters is 1. The summed E-state index contributed by atoms with van der Waals surface area (Å²) >= 11 is 1.10. The highest BCUT2D eigenvalue weighted by molar-refractivity contribution is 8.18. The van der Waals surface area contributed by atoms with Crippen LogP contribution in [0.15, 0.2) is 63.7 Å². The molecule has 0 unspecified atom stereocenters. The van der Waals surface area contributed by atoms with Crippen molar-refractivity contribution in [2.24, 2.45) is 4.99 Å². The van der Waals surface area contributed by atoms with Gasteiger partial charge in [0.15, 0.2) is 11.5 Å². The molecule has 0 saturated carbocycles. The van der Waals surface area contributed by atoms with Crippen LogP contribution in [-0.4, -0.2) is 36.9 Å². The number of rotatable bonds is 6. The lowest BCUT2D eigenvalue weighted by Crippen LogP contribution is -2.12. The number of nitrogens with zero attached hydrogens (tertiary/aromatic N) is 1. The number of para-hydroxylation sites is 1. The number of carbonyl (C=O) groups excluding carboxylic acids is 1. The van der Waals surface area contributed by atoms with Gasteiger partial charge in [0.05, 0.1) is 31.4 Å². The summed E-state index contributed by atoms with van der Waals surface area (Å²) in [7, 11) is 3.05. The Labute approximate surface area is 177 Å². The van der Waals surface area contributed by atoms with Crippen LogP contribution in [0.2, 0.25) is 0 Å². The fraction of sp³-hybridized carbons (Fsp3) is 0.182. The molecule has 0 amide bonds. The Morgan fingerprint density at radius 3 is 2.53 bits per heavy atom. The summed E-state index contributed by atoms with van der Waals surface area (Å²) in [6.45, 7) is 1.82. The van der Waals surface area contributed by atoms with Crippen molar-refractivity contribution in [3.8, 4) is 11.5 Å². The standard InChI is InChI=1S/C22H20FNO5S/c1-4-29-22(26)18-19(25)17(12-13-6-5-7-16(27-2)20(13)28-3)30-21(18)24-15-10-8-14(23)9-11-15/h5-12,25H,4H2,1-3H3. The lowest BCUT2D eigenvalue weighted by atomic mass is 10.1. The number of aliphatic imine (C=N–C) groups is 1. The Balaban J connectivity index is 2.08. The van der Waals surface area contributed by atoms with Crippen LogP contribution in [0.5, 0.6) is 11.5 Å². The van der Waals surface area contributed by atoms with Crippen molar-refractivity contribution < 1.29 is 28.5 Å². The van der Waals surface area contributed by atoms with Gasteiger partial charge in [0, 0.05) is 5.56 Å². The Morgan fingerprint density at radius 1 is 1.17 bits per heavy atom. The van der Waals surface area contributed by atoms with Crippen LogP contribution in [0.1, 0.15) is 12.5 Å². The minimum atomic E-state index is -0.690. The molecule has 2 aromatic rings. The van der Waals surface area contributed by atoms with Gasteiger partial charge < -0.3 is 19.3 Å². The number of hydrogen-bond acceptors (Lipinski definition) is 7. The molecule has 0 atom stereocenters. The number of thioether (sulfide) groups is 1. The molecule has 156 valence electrons. The van der Waals surface area contributed by atoms with E-state index in [1.165, 1.54) is 38.5 Å². The van der Waals surface area contributed by atoms with Crippen molar-refractivity contribution in [3.05, 3.63) is 70.1 Å². The van der Waals surface area contributed by atoms with Gasteiger partial charge in [-0.05, 0) is 43.3 Å². The van der Waals surface area contributed by atoms with Crippen LogP contribution in [-0.2, 0) is 9.53 Å². The molecule has 0 saturated heterocycles. The van der Waals surface area contributed by atoms with Crippen molar-refractivity contribution in [1.29, 1.82) is 0 Å². The van der Waals surface area contributed by atoms with Crippen molar-refractivity contribution in [3.63, 3.8) is 0 Å². The number of benzene rings is 2. The topological polar surface area (TPSA) is 77.4 Å². The molecule has 0 aliphatic carbocycles. The molecule has 8 heteroatoms. The smallest absolute Gasteiger partial charge is 0.344 e. The molecule has 0 fully saturated rings.